The van der Waals surface area contributed by atoms with Gasteiger partial charge in [0, 0.05) is 24.5 Å². The van der Waals surface area contributed by atoms with E-state index in [1.165, 1.54) is 0 Å². The van der Waals surface area contributed by atoms with E-state index >= 15 is 0 Å². The average molecular weight is 316 g/mol. The number of benzene rings is 1. The lowest BCUT2D eigenvalue weighted by molar-refractivity contribution is 0.0635. The van der Waals surface area contributed by atoms with Crippen molar-refractivity contribution in [2.24, 2.45) is 7.05 Å². The molecule has 1 heterocycles. The summed E-state index contributed by atoms with van der Waals surface area (Å²) in [6.45, 7) is 5.35. The second kappa shape index (κ2) is 6.51. The molecule has 1 aromatic heterocycles. The van der Waals surface area contributed by atoms with Crippen LogP contribution in [0.5, 0.6) is 0 Å². The number of aryl methyl sites for hydroxylation is 1. The van der Waals surface area contributed by atoms with Gasteiger partial charge in [-0.3, -0.25) is 14.8 Å². The van der Waals surface area contributed by atoms with Crippen molar-refractivity contribution in [3.05, 3.63) is 42.2 Å². The van der Waals surface area contributed by atoms with Crippen molar-refractivity contribution in [2.45, 2.75) is 26.4 Å². The van der Waals surface area contributed by atoms with Crippen molar-refractivity contribution in [1.82, 2.24) is 9.78 Å². The third-order valence-electron chi connectivity index (χ3n) is 2.73. The third-order valence-corrected chi connectivity index (χ3v) is 2.73. The van der Waals surface area contributed by atoms with Crippen molar-refractivity contribution >= 4 is 23.4 Å². The van der Waals surface area contributed by atoms with E-state index < -0.39 is 11.7 Å². The highest BCUT2D eigenvalue weighted by Crippen LogP contribution is 2.15. The molecule has 23 heavy (non-hydrogen) atoms. The number of hydrogen-bond acceptors (Lipinski definition) is 4. The molecule has 0 aliphatic carbocycles. The lowest BCUT2D eigenvalue weighted by Gasteiger charge is -2.19. The van der Waals surface area contributed by atoms with Crippen LogP contribution >= 0.6 is 0 Å². The second-order valence-corrected chi connectivity index (χ2v) is 6.06. The number of hydrogen-bond donors (Lipinski definition) is 2. The van der Waals surface area contributed by atoms with Gasteiger partial charge in [0.2, 0.25) is 0 Å². The van der Waals surface area contributed by atoms with Crippen molar-refractivity contribution < 1.29 is 14.3 Å². The fourth-order valence-electron chi connectivity index (χ4n) is 1.85. The summed E-state index contributed by atoms with van der Waals surface area (Å²) in [4.78, 5) is 24.0. The number of rotatable bonds is 3. The predicted molar refractivity (Wildman–Crippen MR) is 87.5 cm³/mol. The average Bonchev–Trinajstić information content (AvgIpc) is 2.82. The predicted octanol–water partition coefficient (Wildman–Crippen LogP) is 3.02. The number of aromatic nitrogens is 2. The maximum Gasteiger partial charge on any atom is 0.412 e. The molecule has 2 aromatic rings. The highest BCUT2D eigenvalue weighted by molar-refractivity contribution is 6.05. The van der Waals surface area contributed by atoms with Gasteiger partial charge >= 0.3 is 6.09 Å². The smallest absolute Gasteiger partial charge is 0.412 e. The molecule has 0 aliphatic heterocycles. The Morgan fingerprint density at radius 2 is 1.91 bits per heavy atom. The molecule has 0 saturated carbocycles. The third kappa shape index (κ3) is 5.14. The van der Waals surface area contributed by atoms with Gasteiger partial charge < -0.3 is 10.1 Å². The maximum atomic E-state index is 12.2. The summed E-state index contributed by atoms with van der Waals surface area (Å²) in [5.41, 5.74) is 0.919. The molecule has 0 aliphatic rings. The topological polar surface area (TPSA) is 85.2 Å². The monoisotopic (exact) mass is 316 g/mol. The fraction of sp³-hybridized carbons (Fsp3) is 0.312. The molecular weight excluding hydrogens is 296 g/mol. The fourth-order valence-corrected chi connectivity index (χ4v) is 1.85. The summed E-state index contributed by atoms with van der Waals surface area (Å²) in [7, 11) is 1.76. The van der Waals surface area contributed by atoms with Crippen molar-refractivity contribution in [3.8, 4) is 0 Å². The molecule has 1 aromatic carbocycles. The first-order valence-electron chi connectivity index (χ1n) is 7.13. The number of nitrogens with zero attached hydrogens (tertiary/aromatic N) is 2. The lowest BCUT2D eigenvalue weighted by Crippen LogP contribution is -2.27. The molecule has 0 unspecified atom stereocenters. The minimum atomic E-state index is -0.584. The van der Waals surface area contributed by atoms with Crippen LogP contribution in [0, 0.1) is 0 Å². The highest BCUT2D eigenvalue weighted by Gasteiger charge is 2.16. The molecule has 2 rings (SSSR count). The lowest BCUT2D eigenvalue weighted by atomic mass is 10.2. The van der Waals surface area contributed by atoms with Gasteiger partial charge in [0.15, 0.2) is 0 Å². The van der Waals surface area contributed by atoms with Gasteiger partial charge in [-0.05, 0) is 39.0 Å². The number of ether oxygens (including phenoxy) is 1. The van der Waals surface area contributed by atoms with Gasteiger partial charge in [-0.15, -0.1) is 0 Å². The van der Waals surface area contributed by atoms with Gasteiger partial charge in [-0.25, -0.2) is 4.79 Å². The largest absolute Gasteiger partial charge is 0.444 e. The van der Waals surface area contributed by atoms with Crippen molar-refractivity contribution in [3.63, 3.8) is 0 Å². The first kappa shape index (κ1) is 16.5. The molecule has 122 valence electrons. The first-order valence-corrected chi connectivity index (χ1v) is 7.13. The first-order chi connectivity index (χ1) is 10.7. The van der Waals surface area contributed by atoms with Crippen molar-refractivity contribution in [2.75, 3.05) is 10.6 Å². The van der Waals surface area contributed by atoms with Crippen molar-refractivity contribution in [1.29, 1.82) is 0 Å². The summed E-state index contributed by atoms with van der Waals surface area (Å²) in [6.07, 6.45) is 2.68. The Morgan fingerprint density at radius 1 is 1.17 bits per heavy atom. The molecular formula is C16H20N4O3. The van der Waals surface area contributed by atoms with E-state index in [4.69, 9.17) is 4.74 Å². The molecule has 0 radical (unpaired) electrons. The summed E-state index contributed by atoms with van der Waals surface area (Å²) < 4.78 is 6.77. The number of nitrogens with one attached hydrogen (secondary N) is 2. The van der Waals surface area contributed by atoms with E-state index in [0.717, 1.165) is 0 Å². The van der Waals surface area contributed by atoms with Crippen LogP contribution in [-0.2, 0) is 11.8 Å². The Morgan fingerprint density at radius 3 is 2.52 bits per heavy atom. The summed E-state index contributed by atoms with van der Waals surface area (Å²) in [6, 6.07) is 6.61. The molecule has 0 fully saturated rings. The minimum absolute atomic E-state index is 0.286. The Balaban J connectivity index is 2.04. The second-order valence-electron chi connectivity index (χ2n) is 6.06. The quantitative estimate of drug-likeness (QED) is 0.911. The van der Waals surface area contributed by atoms with Gasteiger partial charge in [0.1, 0.15) is 5.60 Å². The molecule has 0 saturated heterocycles. The maximum absolute atomic E-state index is 12.2. The van der Waals surface area contributed by atoms with Crippen LogP contribution < -0.4 is 10.6 Å². The normalized spacial score (nSPS) is 11.0. The summed E-state index contributed by atoms with van der Waals surface area (Å²) in [5.74, 6) is -0.286. The van der Waals surface area contributed by atoms with Crippen LogP contribution in [0.25, 0.3) is 0 Å². The van der Waals surface area contributed by atoms with E-state index in [0.29, 0.717) is 16.9 Å². The molecule has 0 bridgehead atoms. The van der Waals surface area contributed by atoms with Gasteiger partial charge in [-0.2, -0.15) is 5.10 Å². The van der Waals surface area contributed by atoms with E-state index in [2.05, 4.69) is 15.7 Å². The van der Waals surface area contributed by atoms with Crippen LogP contribution in [0.15, 0.2) is 36.7 Å². The van der Waals surface area contributed by atoms with E-state index in [1.807, 2.05) is 0 Å². The van der Waals surface area contributed by atoms with Crippen LogP contribution in [0.4, 0.5) is 16.2 Å². The number of carbonyl (C=O) groups excluding carboxylic acids is 2. The Labute approximate surface area is 134 Å². The zero-order valence-electron chi connectivity index (χ0n) is 13.6. The van der Waals surface area contributed by atoms with Crippen LogP contribution in [0.1, 0.15) is 31.1 Å². The number of anilines is 2. The molecule has 2 amide bonds. The summed E-state index contributed by atoms with van der Waals surface area (Å²) >= 11 is 0. The van der Waals surface area contributed by atoms with Gasteiger partial charge in [0.25, 0.3) is 5.91 Å². The zero-order valence-corrected chi connectivity index (χ0v) is 13.6. The Bertz CT molecular complexity index is 716. The van der Waals surface area contributed by atoms with Crippen LogP contribution in [-0.4, -0.2) is 27.4 Å². The number of amides is 2. The minimum Gasteiger partial charge on any atom is -0.444 e. The highest BCUT2D eigenvalue weighted by atomic mass is 16.6. The Hall–Kier alpha value is -2.83. The molecule has 0 spiro atoms. The van der Waals surface area contributed by atoms with E-state index in [9.17, 15) is 9.59 Å². The van der Waals surface area contributed by atoms with Crippen LogP contribution in [0.3, 0.4) is 0 Å². The van der Waals surface area contributed by atoms with Gasteiger partial charge in [0.05, 0.1) is 11.9 Å². The SMILES string of the molecule is Cn1cc(NC(=O)c2cccc(NC(=O)OC(C)(C)C)c2)cn1. The van der Waals surface area contributed by atoms with E-state index in [-0.39, 0.29) is 5.91 Å². The standard InChI is InChI=1S/C16H20N4O3/c1-16(2,3)23-15(22)19-12-7-5-6-11(8-12)14(21)18-13-9-17-20(4)10-13/h5-10H,1-4H3,(H,18,21)(H,19,22). The van der Waals surface area contributed by atoms with Crippen LogP contribution in [0.2, 0.25) is 0 Å². The van der Waals surface area contributed by atoms with Gasteiger partial charge in [-0.1, -0.05) is 6.07 Å². The molecule has 7 nitrogen and oxygen atoms in total. The Kier molecular flexibility index (Phi) is 4.68. The molecule has 0 atom stereocenters. The van der Waals surface area contributed by atoms with E-state index in [1.54, 1.807) is 69.2 Å². The molecule has 7 heteroatoms. The molecule has 2 N–H and O–H groups in total. The zero-order chi connectivity index (χ0) is 17.0. The number of carbonyl (C=O) groups is 2. The summed E-state index contributed by atoms with van der Waals surface area (Å²) in [5, 5.41) is 9.32.